The zero-order valence-electron chi connectivity index (χ0n) is 6.70. The number of anilines is 1. The molecule has 0 atom stereocenters. The van der Waals surface area contributed by atoms with Crippen molar-refractivity contribution in [1.82, 2.24) is 4.98 Å². The van der Waals surface area contributed by atoms with Crippen LogP contribution in [0.2, 0.25) is 4.34 Å². The first kappa shape index (κ1) is 8.53. The number of pyridine rings is 1. The lowest BCUT2D eigenvalue weighted by atomic mass is 10.2. The van der Waals surface area contributed by atoms with Crippen molar-refractivity contribution >= 4 is 28.6 Å². The van der Waals surface area contributed by atoms with Crippen molar-refractivity contribution in [2.24, 2.45) is 0 Å². The molecule has 0 unspecified atom stereocenters. The quantitative estimate of drug-likeness (QED) is 0.786. The van der Waals surface area contributed by atoms with Gasteiger partial charge in [-0.05, 0) is 18.2 Å². The number of nitrogens with zero attached hydrogens (tertiary/aromatic N) is 1. The van der Waals surface area contributed by atoms with Gasteiger partial charge < -0.3 is 5.73 Å². The number of nitrogens with two attached hydrogens (primary N) is 1. The summed E-state index contributed by atoms with van der Waals surface area (Å²) in [6, 6.07) is 5.58. The van der Waals surface area contributed by atoms with E-state index < -0.39 is 0 Å². The summed E-state index contributed by atoms with van der Waals surface area (Å²) in [5.74, 6) is 0. The van der Waals surface area contributed by atoms with E-state index >= 15 is 0 Å². The maximum atomic E-state index is 5.82. The highest BCUT2D eigenvalue weighted by Crippen LogP contribution is 2.33. The van der Waals surface area contributed by atoms with Crippen LogP contribution in [0.1, 0.15) is 0 Å². The van der Waals surface area contributed by atoms with E-state index in [0.29, 0.717) is 0 Å². The van der Waals surface area contributed by atoms with Gasteiger partial charge in [-0.3, -0.25) is 4.98 Å². The van der Waals surface area contributed by atoms with Gasteiger partial charge in [0.05, 0.1) is 4.34 Å². The minimum atomic E-state index is 0.730. The summed E-state index contributed by atoms with van der Waals surface area (Å²) in [6.45, 7) is 0. The van der Waals surface area contributed by atoms with E-state index in [1.165, 1.54) is 11.3 Å². The fraction of sp³-hybridized carbons (Fsp3) is 0. The Kier molecular flexibility index (Phi) is 2.20. The molecule has 0 fully saturated rings. The van der Waals surface area contributed by atoms with Crippen LogP contribution in [-0.4, -0.2) is 4.98 Å². The number of hydrogen-bond acceptors (Lipinski definition) is 3. The van der Waals surface area contributed by atoms with Gasteiger partial charge in [0.1, 0.15) is 0 Å². The maximum absolute atomic E-state index is 5.82. The number of rotatable bonds is 1. The summed E-state index contributed by atoms with van der Waals surface area (Å²) in [7, 11) is 0. The van der Waals surface area contributed by atoms with Crippen LogP contribution in [0.5, 0.6) is 0 Å². The molecule has 2 rings (SSSR count). The summed E-state index contributed by atoms with van der Waals surface area (Å²) in [6.07, 6.45) is 3.42. The Morgan fingerprint density at radius 2 is 2.15 bits per heavy atom. The van der Waals surface area contributed by atoms with Gasteiger partial charge in [0.15, 0.2) is 0 Å². The molecule has 0 bridgehead atoms. The molecule has 2 N–H and O–H groups in total. The van der Waals surface area contributed by atoms with E-state index in [1.807, 2.05) is 12.1 Å². The van der Waals surface area contributed by atoms with Crippen LogP contribution >= 0.6 is 22.9 Å². The number of halogens is 1. The van der Waals surface area contributed by atoms with E-state index in [-0.39, 0.29) is 0 Å². The summed E-state index contributed by atoms with van der Waals surface area (Å²) in [4.78, 5) is 5.07. The second kappa shape index (κ2) is 3.36. The summed E-state index contributed by atoms with van der Waals surface area (Å²) >= 11 is 7.32. The lowest BCUT2D eigenvalue weighted by molar-refractivity contribution is 1.34. The monoisotopic (exact) mass is 210 g/mol. The van der Waals surface area contributed by atoms with Crippen LogP contribution in [0.3, 0.4) is 0 Å². The summed E-state index contributed by atoms with van der Waals surface area (Å²) in [5.41, 5.74) is 7.46. The van der Waals surface area contributed by atoms with Gasteiger partial charge in [-0.2, -0.15) is 0 Å². The second-order valence-electron chi connectivity index (χ2n) is 2.57. The highest BCUT2D eigenvalue weighted by atomic mass is 35.5. The van der Waals surface area contributed by atoms with Crippen molar-refractivity contribution in [1.29, 1.82) is 0 Å². The van der Waals surface area contributed by atoms with Crippen molar-refractivity contribution in [2.75, 3.05) is 5.73 Å². The third-order valence-corrected chi connectivity index (χ3v) is 2.96. The fourth-order valence-electron chi connectivity index (χ4n) is 1.07. The molecule has 0 aliphatic rings. The smallest absolute Gasteiger partial charge is 0.0934 e. The van der Waals surface area contributed by atoms with Gasteiger partial charge in [-0.15, -0.1) is 11.3 Å². The van der Waals surface area contributed by atoms with E-state index in [9.17, 15) is 0 Å². The minimum absolute atomic E-state index is 0.730. The SMILES string of the molecule is Nc1ccncc1-c1ccc(Cl)s1. The Morgan fingerprint density at radius 3 is 2.77 bits per heavy atom. The maximum Gasteiger partial charge on any atom is 0.0934 e. The minimum Gasteiger partial charge on any atom is -0.398 e. The van der Waals surface area contributed by atoms with Crippen LogP contribution in [0.25, 0.3) is 10.4 Å². The topological polar surface area (TPSA) is 38.9 Å². The average molecular weight is 211 g/mol. The summed E-state index contributed by atoms with van der Waals surface area (Å²) in [5, 5.41) is 0. The molecule has 13 heavy (non-hydrogen) atoms. The Hall–Kier alpha value is -1.06. The third-order valence-electron chi connectivity index (χ3n) is 1.69. The predicted molar refractivity (Wildman–Crippen MR) is 57.0 cm³/mol. The first-order valence-corrected chi connectivity index (χ1v) is 4.92. The first-order chi connectivity index (χ1) is 6.27. The van der Waals surface area contributed by atoms with Crippen molar-refractivity contribution in [3.8, 4) is 10.4 Å². The van der Waals surface area contributed by atoms with Crippen LogP contribution in [0.15, 0.2) is 30.6 Å². The molecule has 0 spiro atoms. The third kappa shape index (κ3) is 1.66. The molecule has 0 aliphatic carbocycles. The molecule has 0 saturated heterocycles. The largest absolute Gasteiger partial charge is 0.398 e. The number of nitrogen functional groups attached to an aromatic ring is 1. The molecule has 2 aromatic rings. The molecule has 0 radical (unpaired) electrons. The van der Waals surface area contributed by atoms with Crippen molar-refractivity contribution in [3.63, 3.8) is 0 Å². The zero-order valence-corrected chi connectivity index (χ0v) is 8.27. The molecule has 0 aromatic carbocycles. The van der Waals surface area contributed by atoms with E-state index in [2.05, 4.69) is 4.98 Å². The highest BCUT2D eigenvalue weighted by molar-refractivity contribution is 7.19. The molecule has 4 heteroatoms. The number of thiophene rings is 1. The fourth-order valence-corrected chi connectivity index (χ4v) is 2.15. The van der Waals surface area contributed by atoms with Crippen LogP contribution in [0.4, 0.5) is 5.69 Å². The van der Waals surface area contributed by atoms with E-state index in [1.54, 1.807) is 18.5 Å². The van der Waals surface area contributed by atoms with Crippen LogP contribution in [-0.2, 0) is 0 Å². The predicted octanol–water partition coefficient (Wildman–Crippen LogP) is 3.05. The number of hydrogen-bond donors (Lipinski definition) is 1. The molecule has 2 aromatic heterocycles. The lowest BCUT2D eigenvalue weighted by Crippen LogP contribution is -1.88. The molecule has 0 amide bonds. The Balaban J connectivity index is 2.52. The number of aromatic nitrogens is 1. The lowest BCUT2D eigenvalue weighted by Gasteiger charge is -1.99. The molecular weight excluding hydrogens is 204 g/mol. The molecular formula is C9H7ClN2S. The van der Waals surface area contributed by atoms with E-state index in [4.69, 9.17) is 17.3 Å². The molecule has 2 nitrogen and oxygen atoms in total. The second-order valence-corrected chi connectivity index (χ2v) is 4.28. The van der Waals surface area contributed by atoms with Crippen molar-refractivity contribution < 1.29 is 0 Å². The van der Waals surface area contributed by atoms with E-state index in [0.717, 1.165) is 20.5 Å². The Morgan fingerprint density at radius 1 is 1.31 bits per heavy atom. The Labute approximate surface area is 85.0 Å². The van der Waals surface area contributed by atoms with Crippen LogP contribution < -0.4 is 5.73 Å². The zero-order chi connectivity index (χ0) is 9.26. The van der Waals surface area contributed by atoms with Crippen molar-refractivity contribution in [2.45, 2.75) is 0 Å². The molecule has 0 aliphatic heterocycles. The normalized spacial score (nSPS) is 10.2. The highest BCUT2D eigenvalue weighted by Gasteiger charge is 2.04. The van der Waals surface area contributed by atoms with Gasteiger partial charge in [0.2, 0.25) is 0 Å². The molecule has 66 valence electrons. The van der Waals surface area contributed by atoms with Gasteiger partial charge in [0, 0.05) is 28.5 Å². The van der Waals surface area contributed by atoms with Crippen LogP contribution in [0, 0.1) is 0 Å². The average Bonchev–Trinajstić information content (AvgIpc) is 2.53. The van der Waals surface area contributed by atoms with Gasteiger partial charge >= 0.3 is 0 Å². The molecule has 0 saturated carbocycles. The van der Waals surface area contributed by atoms with Gasteiger partial charge in [-0.1, -0.05) is 11.6 Å². The molecule has 2 heterocycles. The summed E-state index contributed by atoms with van der Waals surface area (Å²) < 4.78 is 0.762. The van der Waals surface area contributed by atoms with Crippen molar-refractivity contribution in [3.05, 3.63) is 34.9 Å². The van der Waals surface area contributed by atoms with Gasteiger partial charge in [-0.25, -0.2) is 0 Å². The standard InChI is InChI=1S/C9H7ClN2S/c10-9-2-1-8(13-9)6-5-12-4-3-7(6)11/h1-5H,(H2,11,12). The first-order valence-electron chi connectivity index (χ1n) is 3.72. The Bertz CT molecular complexity index is 425. The van der Waals surface area contributed by atoms with Gasteiger partial charge in [0.25, 0.3) is 0 Å².